The molecule has 0 heterocycles. The fourth-order valence-electron chi connectivity index (χ4n) is 1.96. The Hall–Kier alpha value is -1.90. The van der Waals surface area contributed by atoms with Gasteiger partial charge in [-0.25, -0.2) is 0 Å². The number of anilines is 1. The molecule has 1 aliphatic carbocycles. The summed E-state index contributed by atoms with van der Waals surface area (Å²) in [5.74, 6) is -0.256. The summed E-state index contributed by atoms with van der Waals surface area (Å²) in [6.07, 6.45) is 1.99. The largest absolute Gasteiger partial charge is 0.388 e. The average Bonchev–Trinajstić information content (AvgIpc) is 2.27. The van der Waals surface area contributed by atoms with E-state index in [0.717, 1.165) is 16.8 Å². The van der Waals surface area contributed by atoms with Crippen LogP contribution >= 0.6 is 0 Å². The molecular formula is C13H13NO2. The van der Waals surface area contributed by atoms with Crippen molar-refractivity contribution in [3.05, 3.63) is 34.9 Å². The minimum atomic E-state index is -0.162. The van der Waals surface area contributed by atoms with E-state index in [1.807, 2.05) is 25.2 Å². The zero-order valence-corrected chi connectivity index (χ0v) is 9.33. The highest BCUT2D eigenvalue weighted by Gasteiger charge is 2.22. The lowest BCUT2D eigenvalue weighted by Crippen LogP contribution is -2.18. The van der Waals surface area contributed by atoms with E-state index in [9.17, 15) is 9.59 Å². The smallest absolute Gasteiger partial charge is 0.170 e. The second kappa shape index (κ2) is 3.93. The molecular weight excluding hydrogens is 202 g/mol. The lowest BCUT2D eigenvalue weighted by molar-refractivity contribution is -0.120. The SMILES string of the molecule is CNc1cccc2c1CC(=O)C(C(C)=O)=C2. The zero-order valence-electron chi connectivity index (χ0n) is 9.33. The Balaban J connectivity index is 2.58. The summed E-state index contributed by atoms with van der Waals surface area (Å²) in [5, 5.41) is 3.05. The van der Waals surface area contributed by atoms with Gasteiger partial charge in [-0.3, -0.25) is 9.59 Å². The molecule has 0 unspecified atom stereocenters. The van der Waals surface area contributed by atoms with Crippen LogP contribution in [-0.2, 0) is 16.0 Å². The molecule has 1 aromatic carbocycles. The average molecular weight is 215 g/mol. The van der Waals surface area contributed by atoms with Crippen molar-refractivity contribution in [3.8, 4) is 0 Å². The molecule has 0 radical (unpaired) electrons. The lowest BCUT2D eigenvalue weighted by Gasteiger charge is -2.17. The van der Waals surface area contributed by atoms with Crippen LogP contribution in [0, 0.1) is 0 Å². The summed E-state index contributed by atoms with van der Waals surface area (Å²) in [4.78, 5) is 23.0. The van der Waals surface area contributed by atoms with Crippen molar-refractivity contribution in [1.82, 2.24) is 0 Å². The molecule has 0 fully saturated rings. The summed E-state index contributed by atoms with van der Waals surface area (Å²) in [5.41, 5.74) is 3.18. The van der Waals surface area contributed by atoms with Crippen molar-refractivity contribution < 1.29 is 9.59 Å². The second-order valence-corrected chi connectivity index (χ2v) is 3.84. The molecule has 82 valence electrons. The number of carbonyl (C=O) groups excluding carboxylic acids is 2. The Kier molecular flexibility index (Phi) is 2.60. The fraction of sp³-hybridized carbons (Fsp3) is 0.231. The maximum Gasteiger partial charge on any atom is 0.170 e. The van der Waals surface area contributed by atoms with E-state index < -0.39 is 0 Å². The number of Topliss-reactive ketones (excluding diaryl/α,β-unsaturated/α-hetero) is 2. The molecule has 1 N–H and O–H groups in total. The van der Waals surface area contributed by atoms with Crippen molar-refractivity contribution in [2.75, 3.05) is 12.4 Å². The van der Waals surface area contributed by atoms with Crippen molar-refractivity contribution in [1.29, 1.82) is 0 Å². The first kappa shape index (κ1) is 10.6. The van der Waals surface area contributed by atoms with E-state index in [-0.39, 0.29) is 11.6 Å². The van der Waals surface area contributed by atoms with Gasteiger partial charge in [-0.2, -0.15) is 0 Å². The van der Waals surface area contributed by atoms with Crippen LogP contribution in [0.4, 0.5) is 5.69 Å². The van der Waals surface area contributed by atoms with Crippen LogP contribution in [-0.4, -0.2) is 18.6 Å². The van der Waals surface area contributed by atoms with E-state index in [0.29, 0.717) is 12.0 Å². The van der Waals surface area contributed by atoms with Crippen LogP contribution in [0.1, 0.15) is 18.1 Å². The number of hydrogen-bond acceptors (Lipinski definition) is 3. The molecule has 3 nitrogen and oxygen atoms in total. The van der Waals surface area contributed by atoms with Gasteiger partial charge >= 0.3 is 0 Å². The summed E-state index contributed by atoms with van der Waals surface area (Å²) in [6.45, 7) is 1.43. The van der Waals surface area contributed by atoms with Gasteiger partial charge in [0.2, 0.25) is 0 Å². The summed E-state index contributed by atoms with van der Waals surface area (Å²) >= 11 is 0. The van der Waals surface area contributed by atoms with Crippen LogP contribution in [0.2, 0.25) is 0 Å². The van der Waals surface area contributed by atoms with Gasteiger partial charge in [0.1, 0.15) is 0 Å². The summed E-state index contributed by atoms with van der Waals surface area (Å²) < 4.78 is 0. The first-order chi connectivity index (χ1) is 7.63. The molecule has 0 saturated carbocycles. The third-order valence-corrected chi connectivity index (χ3v) is 2.80. The topological polar surface area (TPSA) is 46.2 Å². The van der Waals surface area contributed by atoms with Gasteiger partial charge in [-0.15, -0.1) is 0 Å². The van der Waals surface area contributed by atoms with Crippen molar-refractivity contribution in [3.63, 3.8) is 0 Å². The molecule has 16 heavy (non-hydrogen) atoms. The van der Waals surface area contributed by atoms with Gasteiger partial charge in [-0.1, -0.05) is 12.1 Å². The first-order valence-electron chi connectivity index (χ1n) is 5.19. The molecule has 0 aromatic heterocycles. The monoisotopic (exact) mass is 215 g/mol. The number of fused-ring (bicyclic) bond motifs is 1. The first-order valence-corrected chi connectivity index (χ1v) is 5.19. The molecule has 0 bridgehead atoms. The van der Waals surface area contributed by atoms with Crippen molar-refractivity contribution in [2.24, 2.45) is 0 Å². The Morgan fingerprint density at radius 1 is 1.38 bits per heavy atom. The normalized spacial score (nSPS) is 14.1. The van der Waals surface area contributed by atoms with E-state index in [1.54, 1.807) is 6.08 Å². The third kappa shape index (κ3) is 1.65. The predicted molar refractivity (Wildman–Crippen MR) is 63.4 cm³/mol. The maximum absolute atomic E-state index is 11.7. The standard InChI is InChI=1S/C13H13NO2/c1-8(15)10-6-9-4-3-5-12(14-2)11(9)7-13(10)16/h3-6,14H,7H2,1-2H3. The Bertz CT molecular complexity index is 501. The quantitative estimate of drug-likeness (QED) is 0.765. The molecule has 0 aliphatic heterocycles. The van der Waals surface area contributed by atoms with Crippen LogP contribution < -0.4 is 5.32 Å². The molecule has 3 heteroatoms. The molecule has 0 saturated heterocycles. The van der Waals surface area contributed by atoms with Gasteiger partial charge in [0.15, 0.2) is 11.6 Å². The fourth-order valence-corrected chi connectivity index (χ4v) is 1.96. The maximum atomic E-state index is 11.7. The highest BCUT2D eigenvalue weighted by Crippen LogP contribution is 2.27. The minimum absolute atomic E-state index is 0.0947. The van der Waals surface area contributed by atoms with E-state index in [4.69, 9.17) is 0 Å². The number of rotatable bonds is 2. The summed E-state index contributed by atoms with van der Waals surface area (Å²) in [6, 6.07) is 5.76. The number of benzene rings is 1. The highest BCUT2D eigenvalue weighted by molar-refractivity contribution is 6.24. The Morgan fingerprint density at radius 3 is 2.75 bits per heavy atom. The van der Waals surface area contributed by atoms with Gasteiger partial charge < -0.3 is 5.32 Å². The van der Waals surface area contributed by atoms with Crippen molar-refractivity contribution in [2.45, 2.75) is 13.3 Å². The van der Waals surface area contributed by atoms with Crippen LogP contribution in [0.5, 0.6) is 0 Å². The molecule has 0 atom stereocenters. The van der Waals surface area contributed by atoms with E-state index in [1.165, 1.54) is 6.92 Å². The van der Waals surface area contributed by atoms with Gasteiger partial charge in [0.05, 0.1) is 5.57 Å². The molecule has 2 rings (SSSR count). The predicted octanol–water partition coefficient (Wildman–Crippen LogP) is 1.83. The Morgan fingerprint density at radius 2 is 2.12 bits per heavy atom. The number of hydrogen-bond donors (Lipinski definition) is 1. The molecule has 1 aliphatic rings. The van der Waals surface area contributed by atoms with E-state index in [2.05, 4.69) is 5.32 Å². The van der Waals surface area contributed by atoms with Crippen LogP contribution in [0.25, 0.3) is 6.08 Å². The van der Waals surface area contributed by atoms with Crippen LogP contribution in [0.3, 0.4) is 0 Å². The molecule has 1 aromatic rings. The van der Waals surface area contributed by atoms with Gasteiger partial charge in [0.25, 0.3) is 0 Å². The third-order valence-electron chi connectivity index (χ3n) is 2.80. The number of allylic oxidation sites excluding steroid dienone is 1. The van der Waals surface area contributed by atoms with Crippen LogP contribution in [0.15, 0.2) is 23.8 Å². The number of carbonyl (C=O) groups is 2. The Labute approximate surface area is 94.2 Å². The number of nitrogens with one attached hydrogen (secondary N) is 1. The van der Waals surface area contributed by atoms with Gasteiger partial charge in [-0.05, 0) is 30.2 Å². The molecule has 0 spiro atoms. The zero-order chi connectivity index (χ0) is 11.7. The minimum Gasteiger partial charge on any atom is -0.388 e. The number of ketones is 2. The summed E-state index contributed by atoms with van der Waals surface area (Å²) in [7, 11) is 1.82. The van der Waals surface area contributed by atoms with Gasteiger partial charge in [0, 0.05) is 19.2 Å². The van der Waals surface area contributed by atoms with E-state index >= 15 is 0 Å². The highest BCUT2D eigenvalue weighted by atomic mass is 16.1. The van der Waals surface area contributed by atoms with Crippen molar-refractivity contribution >= 4 is 23.3 Å². The lowest BCUT2D eigenvalue weighted by atomic mass is 9.88. The second-order valence-electron chi connectivity index (χ2n) is 3.84. The molecule has 0 amide bonds.